The largest absolute Gasteiger partial charge is 0.494 e. The Bertz CT molecular complexity index is 532. The van der Waals surface area contributed by atoms with Gasteiger partial charge in [0.2, 0.25) is 0 Å². The summed E-state index contributed by atoms with van der Waals surface area (Å²) in [6, 6.07) is 15.4. The molecule has 2 aromatic carbocycles. The Balaban J connectivity index is 1.56. The Morgan fingerprint density at radius 3 is 2.79 bits per heavy atom. The molecule has 100 valence electrons. The molecule has 0 aliphatic carbocycles. The monoisotopic (exact) mass is 255 g/mol. The Labute approximate surface area is 114 Å². The average Bonchev–Trinajstić information content (AvgIpc) is 2.48. The summed E-state index contributed by atoms with van der Waals surface area (Å²) in [5, 5.41) is 6.07. The fourth-order valence-corrected chi connectivity index (χ4v) is 2.75. The quantitative estimate of drug-likeness (QED) is 0.898. The Morgan fingerprint density at radius 2 is 1.95 bits per heavy atom. The van der Waals surface area contributed by atoms with Crippen molar-refractivity contribution in [1.29, 1.82) is 0 Å². The van der Waals surface area contributed by atoms with Crippen LogP contribution in [0.2, 0.25) is 0 Å². The van der Waals surface area contributed by atoms with Gasteiger partial charge in [-0.15, -0.1) is 0 Å². The van der Waals surface area contributed by atoms with E-state index in [1.54, 1.807) is 0 Å². The van der Waals surface area contributed by atoms with E-state index in [1.165, 1.54) is 36.6 Å². The second kappa shape index (κ2) is 6.07. The van der Waals surface area contributed by atoms with Crippen LogP contribution in [0, 0.1) is 0 Å². The smallest absolute Gasteiger partial charge is 0.119 e. The number of fused-ring (bicyclic) bond motifs is 1. The first-order valence-electron chi connectivity index (χ1n) is 7.27. The van der Waals surface area contributed by atoms with Crippen molar-refractivity contribution >= 4 is 10.8 Å². The maximum absolute atomic E-state index is 5.88. The van der Waals surface area contributed by atoms with Crippen molar-refractivity contribution in [2.45, 2.75) is 31.7 Å². The number of hydrogen-bond donors (Lipinski definition) is 1. The van der Waals surface area contributed by atoms with Gasteiger partial charge < -0.3 is 10.1 Å². The summed E-state index contributed by atoms with van der Waals surface area (Å²) in [5.41, 5.74) is 0. The van der Waals surface area contributed by atoms with Gasteiger partial charge in [-0.25, -0.2) is 0 Å². The first kappa shape index (κ1) is 12.5. The maximum Gasteiger partial charge on any atom is 0.119 e. The normalized spacial score (nSPS) is 19.5. The summed E-state index contributed by atoms with van der Waals surface area (Å²) in [6.45, 7) is 1.97. The zero-order valence-electron chi connectivity index (χ0n) is 11.3. The SMILES string of the molecule is c1ccc2cc(OCCC3CCCCN3)ccc2c1. The van der Waals surface area contributed by atoms with E-state index in [4.69, 9.17) is 4.74 Å². The molecule has 0 saturated carbocycles. The summed E-state index contributed by atoms with van der Waals surface area (Å²) in [6.07, 6.45) is 5.07. The predicted molar refractivity (Wildman–Crippen MR) is 79.7 cm³/mol. The van der Waals surface area contributed by atoms with Crippen LogP contribution in [0.1, 0.15) is 25.7 Å². The fourth-order valence-electron chi connectivity index (χ4n) is 2.75. The van der Waals surface area contributed by atoms with E-state index in [-0.39, 0.29) is 0 Å². The second-order valence-corrected chi connectivity index (χ2v) is 5.29. The summed E-state index contributed by atoms with van der Waals surface area (Å²) in [5.74, 6) is 0.981. The standard InChI is InChI=1S/C17H21NO/c1-2-6-15-13-17(9-8-14(15)5-1)19-12-10-16-7-3-4-11-18-16/h1-2,5-6,8-9,13,16,18H,3-4,7,10-12H2. The molecule has 0 radical (unpaired) electrons. The molecule has 0 amide bonds. The lowest BCUT2D eigenvalue weighted by Gasteiger charge is -2.23. The Hall–Kier alpha value is -1.54. The van der Waals surface area contributed by atoms with Crippen LogP contribution in [0.5, 0.6) is 5.75 Å². The van der Waals surface area contributed by atoms with Gasteiger partial charge in [-0.05, 0) is 48.7 Å². The van der Waals surface area contributed by atoms with Crippen molar-refractivity contribution in [2.75, 3.05) is 13.2 Å². The molecule has 1 unspecified atom stereocenters. The van der Waals surface area contributed by atoms with Crippen LogP contribution in [-0.2, 0) is 0 Å². The molecule has 3 rings (SSSR count). The van der Waals surface area contributed by atoms with Crippen molar-refractivity contribution in [3.63, 3.8) is 0 Å². The highest BCUT2D eigenvalue weighted by Crippen LogP contribution is 2.21. The van der Waals surface area contributed by atoms with Gasteiger partial charge in [0.25, 0.3) is 0 Å². The van der Waals surface area contributed by atoms with Crippen molar-refractivity contribution in [3.05, 3.63) is 42.5 Å². The highest BCUT2D eigenvalue weighted by atomic mass is 16.5. The summed E-state index contributed by atoms with van der Waals surface area (Å²) in [4.78, 5) is 0. The molecule has 0 spiro atoms. The molecular weight excluding hydrogens is 234 g/mol. The van der Waals surface area contributed by atoms with Crippen LogP contribution >= 0.6 is 0 Å². The van der Waals surface area contributed by atoms with Crippen LogP contribution in [0.25, 0.3) is 10.8 Å². The lowest BCUT2D eigenvalue weighted by Crippen LogP contribution is -2.35. The summed E-state index contributed by atoms with van der Waals surface area (Å²) in [7, 11) is 0. The molecule has 1 atom stereocenters. The highest BCUT2D eigenvalue weighted by molar-refractivity contribution is 5.83. The van der Waals surface area contributed by atoms with Crippen LogP contribution in [0.15, 0.2) is 42.5 Å². The topological polar surface area (TPSA) is 21.3 Å². The van der Waals surface area contributed by atoms with Gasteiger partial charge in [0, 0.05) is 6.04 Å². The highest BCUT2D eigenvalue weighted by Gasteiger charge is 2.11. The molecule has 0 aromatic heterocycles. The molecule has 2 nitrogen and oxygen atoms in total. The van der Waals surface area contributed by atoms with Gasteiger partial charge >= 0.3 is 0 Å². The lowest BCUT2D eigenvalue weighted by atomic mass is 10.0. The van der Waals surface area contributed by atoms with Gasteiger partial charge in [-0.2, -0.15) is 0 Å². The number of ether oxygens (including phenoxy) is 1. The molecule has 1 aliphatic rings. The Kier molecular flexibility index (Phi) is 3.99. The van der Waals surface area contributed by atoms with Crippen LogP contribution in [0.4, 0.5) is 0 Å². The van der Waals surface area contributed by atoms with Crippen molar-refractivity contribution in [3.8, 4) is 5.75 Å². The van der Waals surface area contributed by atoms with Gasteiger partial charge in [-0.1, -0.05) is 36.8 Å². The molecule has 2 aromatic rings. The summed E-state index contributed by atoms with van der Waals surface area (Å²) < 4.78 is 5.88. The first-order valence-corrected chi connectivity index (χ1v) is 7.27. The van der Waals surface area contributed by atoms with Gasteiger partial charge in [0.05, 0.1) is 6.61 Å². The minimum atomic E-state index is 0.647. The van der Waals surface area contributed by atoms with E-state index in [0.29, 0.717) is 6.04 Å². The van der Waals surface area contributed by atoms with Crippen molar-refractivity contribution in [2.24, 2.45) is 0 Å². The minimum absolute atomic E-state index is 0.647. The van der Waals surface area contributed by atoms with Crippen molar-refractivity contribution < 1.29 is 4.74 Å². The first-order chi connectivity index (χ1) is 9.42. The van der Waals surface area contributed by atoms with Gasteiger partial charge in [0.1, 0.15) is 5.75 Å². The number of benzene rings is 2. The number of hydrogen-bond acceptors (Lipinski definition) is 2. The Morgan fingerprint density at radius 1 is 1.05 bits per heavy atom. The maximum atomic E-state index is 5.88. The zero-order valence-corrected chi connectivity index (χ0v) is 11.3. The van der Waals surface area contributed by atoms with E-state index < -0.39 is 0 Å². The van der Waals surface area contributed by atoms with Crippen LogP contribution < -0.4 is 10.1 Å². The van der Waals surface area contributed by atoms with E-state index in [0.717, 1.165) is 18.8 Å². The van der Waals surface area contributed by atoms with Crippen molar-refractivity contribution in [1.82, 2.24) is 5.32 Å². The molecule has 2 heteroatoms. The van der Waals surface area contributed by atoms with Gasteiger partial charge in [-0.3, -0.25) is 0 Å². The van der Waals surface area contributed by atoms with Gasteiger partial charge in [0.15, 0.2) is 0 Å². The summed E-state index contributed by atoms with van der Waals surface area (Å²) >= 11 is 0. The zero-order chi connectivity index (χ0) is 12.9. The molecule has 1 saturated heterocycles. The number of piperidine rings is 1. The minimum Gasteiger partial charge on any atom is -0.494 e. The van der Waals surface area contributed by atoms with E-state index in [2.05, 4.69) is 47.8 Å². The number of nitrogens with one attached hydrogen (secondary N) is 1. The fraction of sp³-hybridized carbons (Fsp3) is 0.412. The second-order valence-electron chi connectivity index (χ2n) is 5.29. The van der Waals surface area contributed by atoms with E-state index in [9.17, 15) is 0 Å². The van der Waals surface area contributed by atoms with Crippen LogP contribution in [0.3, 0.4) is 0 Å². The third-order valence-corrected chi connectivity index (χ3v) is 3.87. The van der Waals surface area contributed by atoms with E-state index in [1.807, 2.05) is 0 Å². The molecular formula is C17H21NO. The molecule has 0 bridgehead atoms. The lowest BCUT2D eigenvalue weighted by molar-refractivity contribution is 0.268. The molecule has 1 heterocycles. The van der Waals surface area contributed by atoms with E-state index >= 15 is 0 Å². The molecule has 1 aliphatic heterocycles. The number of rotatable bonds is 4. The molecule has 19 heavy (non-hydrogen) atoms. The predicted octanol–water partition coefficient (Wildman–Crippen LogP) is 3.75. The third-order valence-electron chi connectivity index (χ3n) is 3.87. The molecule has 1 N–H and O–H groups in total. The molecule has 1 fully saturated rings. The van der Waals surface area contributed by atoms with Crippen LogP contribution in [-0.4, -0.2) is 19.2 Å². The third kappa shape index (κ3) is 3.27. The average molecular weight is 255 g/mol.